The predicted molar refractivity (Wildman–Crippen MR) is 121 cm³/mol. The normalized spacial score (nSPS) is 15.6. The van der Waals surface area contributed by atoms with E-state index in [0.29, 0.717) is 37.4 Å². The Morgan fingerprint density at radius 1 is 1.06 bits per heavy atom. The van der Waals surface area contributed by atoms with Gasteiger partial charge in [0, 0.05) is 25.6 Å². The maximum Gasteiger partial charge on any atom is 0.243 e. The second kappa shape index (κ2) is 9.22. The highest BCUT2D eigenvalue weighted by Gasteiger charge is 2.32. The minimum absolute atomic E-state index is 0.0337. The van der Waals surface area contributed by atoms with E-state index in [1.165, 1.54) is 10.6 Å². The third kappa shape index (κ3) is 4.73. The Kier molecular flexibility index (Phi) is 6.38. The molecule has 3 aromatic rings. The van der Waals surface area contributed by atoms with Gasteiger partial charge in [0.2, 0.25) is 15.9 Å². The fraction of sp³-hybridized carbons (Fsp3) is 0.348. The Balaban J connectivity index is 1.30. The highest BCUT2D eigenvalue weighted by atomic mass is 32.2. The summed E-state index contributed by atoms with van der Waals surface area (Å²) < 4.78 is 29.1. The van der Waals surface area contributed by atoms with Crippen LogP contribution >= 0.6 is 0 Å². The molecule has 0 radical (unpaired) electrons. The molecular weight excluding hydrogens is 426 g/mol. The van der Waals surface area contributed by atoms with Crippen LogP contribution in [0.4, 0.5) is 0 Å². The Labute approximate surface area is 188 Å². The zero-order chi connectivity index (χ0) is 22.7. The summed E-state index contributed by atoms with van der Waals surface area (Å²) in [5.41, 5.74) is 3.90. The molecule has 0 unspecified atom stereocenters. The third-order valence-electron chi connectivity index (χ3n) is 6.03. The molecule has 1 aliphatic heterocycles. The minimum Gasteiger partial charge on any atom is -0.352 e. The van der Waals surface area contributed by atoms with Crippen molar-refractivity contribution >= 4 is 15.9 Å². The number of carbonyl (C=O) groups excluding carboxylic acids is 1. The molecule has 0 saturated carbocycles. The molecule has 1 saturated heterocycles. The molecular formula is C23H27N5O3S. The highest BCUT2D eigenvalue weighted by Crippen LogP contribution is 2.25. The number of aromatic nitrogens is 3. The van der Waals surface area contributed by atoms with E-state index in [1.807, 2.05) is 44.2 Å². The first-order valence-corrected chi connectivity index (χ1v) is 12.1. The van der Waals surface area contributed by atoms with E-state index < -0.39 is 10.0 Å². The molecule has 1 aromatic heterocycles. The summed E-state index contributed by atoms with van der Waals surface area (Å²) in [4.78, 5) is 16.9. The molecule has 2 aromatic carbocycles. The Morgan fingerprint density at radius 2 is 1.78 bits per heavy atom. The SMILES string of the molecule is Cc1ccc(S(=O)(=O)N2CCC(C(=O)NCc3ccc(-n4cncn4)cc3)CC2)cc1C. The summed E-state index contributed by atoms with van der Waals surface area (Å²) >= 11 is 0. The van der Waals surface area contributed by atoms with Gasteiger partial charge in [-0.25, -0.2) is 18.1 Å². The molecule has 1 amide bonds. The minimum atomic E-state index is -3.54. The standard InChI is InChI=1S/C23H27N5O3S/c1-17-3-8-22(13-18(17)2)32(30,31)27-11-9-20(10-12-27)23(29)25-14-19-4-6-21(7-5-19)28-16-24-15-26-28/h3-8,13,15-16,20H,9-12,14H2,1-2H3,(H,25,29). The zero-order valence-corrected chi connectivity index (χ0v) is 19.0. The number of sulfonamides is 1. The van der Waals surface area contributed by atoms with Crippen molar-refractivity contribution in [3.05, 3.63) is 71.8 Å². The van der Waals surface area contributed by atoms with Crippen LogP contribution in [0.15, 0.2) is 60.0 Å². The first-order chi connectivity index (χ1) is 15.3. The molecule has 168 valence electrons. The van der Waals surface area contributed by atoms with E-state index in [9.17, 15) is 13.2 Å². The lowest BCUT2D eigenvalue weighted by Gasteiger charge is -2.30. The highest BCUT2D eigenvalue weighted by molar-refractivity contribution is 7.89. The lowest BCUT2D eigenvalue weighted by Crippen LogP contribution is -2.42. The molecule has 32 heavy (non-hydrogen) atoms. The molecule has 0 bridgehead atoms. The Hall–Kier alpha value is -3.04. The van der Waals surface area contributed by atoms with Gasteiger partial charge in [0.25, 0.3) is 0 Å². The van der Waals surface area contributed by atoms with Crippen LogP contribution in [-0.2, 0) is 21.4 Å². The van der Waals surface area contributed by atoms with Crippen LogP contribution in [0.2, 0.25) is 0 Å². The lowest BCUT2D eigenvalue weighted by molar-refractivity contribution is -0.126. The van der Waals surface area contributed by atoms with Crippen molar-refractivity contribution in [1.29, 1.82) is 0 Å². The van der Waals surface area contributed by atoms with Gasteiger partial charge in [0.15, 0.2) is 0 Å². The van der Waals surface area contributed by atoms with Crippen molar-refractivity contribution < 1.29 is 13.2 Å². The molecule has 9 heteroatoms. The number of aryl methyl sites for hydroxylation is 2. The van der Waals surface area contributed by atoms with Gasteiger partial charge in [-0.3, -0.25) is 4.79 Å². The van der Waals surface area contributed by atoms with Gasteiger partial charge >= 0.3 is 0 Å². The number of hydrogen-bond donors (Lipinski definition) is 1. The van der Waals surface area contributed by atoms with Gasteiger partial charge in [-0.2, -0.15) is 9.40 Å². The first kappa shape index (κ1) is 22.2. The maximum atomic E-state index is 13.0. The lowest BCUT2D eigenvalue weighted by atomic mass is 9.97. The van der Waals surface area contributed by atoms with Gasteiger partial charge in [0.05, 0.1) is 10.6 Å². The van der Waals surface area contributed by atoms with Crippen molar-refractivity contribution in [2.24, 2.45) is 5.92 Å². The monoisotopic (exact) mass is 453 g/mol. The van der Waals surface area contributed by atoms with E-state index in [4.69, 9.17) is 0 Å². The van der Waals surface area contributed by atoms with E-state index in [2.05, 4.69) is 15.4 Å². The molecule has 0 atom stereocenters. The van der Waals surface area contributed by atoms with Crippen molar-refractivity contribution in [3.63, 3.8) is 0 Å². The fourth-order valence-electron chi connectivity index (χ4n) is 3.82. The van der Waals surface area contributed by atoms with Crippen LogP contribution in [0.25, 0.3) is 5.69 Å². The summed E-state index contributed by atoms with van der Waals surface area (Å²) in [6.07, 6.45) is 4.14. The van der Waals surface area contributed by atoms with Crippen LogP contribution in [-0.4, -0.2) is 46.5 Å². The van der Waals surface area contributed by atoms with E-state index in [0.717, 1.165) is 22.4 Å². The first-order valence-electron chi connectivity index (χ1n) is 10.6. The van der Waals surface area contributed by atoms with Crippen LogP contribution in [0.1, 0.15) is 29.5 Å². The molecule has 2 heterocycles. The second-order valence-corrected chi connectivity index (χ2v) is 10.1. The molecule has 1 fully saturated rings. The quantitative estimate of drug-likeness (QED) is 0.619. The number of amides is 1. The van der Waals surface area contributed by atoms with Crippen molar-refractivity contribution in [2.45, 2.75) is 38.1 Å². The zero-order valence-electron chi connectivity index (χ0n) is 18.2. The van der Waals surface area contributed by atoms with Crippen LogP contribution < -0.4 is 5.32 Å². The second-order valence-electron chi connectivity index (χ2n) is 8.15. The van der Waals surface area contributed by atoms with Gasteiger partial charge < -0.3 is 5.32 Å². The van der Waals surface area contributed by atoms with Gasteiger partial charge in [0.1, 0.15) is 12.7 Å². The number of hydrogen-bond acceptors (Lipinski definition) is 5. The van der Waals surface area contributed by atoms with Crippen molar-refractivity contribution in [3.8, 4) is 5.69 Å². The topological polar surface area (TPSA) is 97.2 Å². The Bertz CT molecular complexity index is 1180. The van der Waals surface area contributed by atoms with Crippen molar-refractivity contribution in [1.82, 2.24) is 24.4 Å². The average Bonchev–Trinajstić information content (AvgIpc) is 3.34. The number of nitrogens with one attached hydrogen (secondary N) is 1. The fourth-order valence-corrected chi connectivity index (χ4v) is 5.38. The largest absolute Gasteiger partial charge is 0.352 e. The molecule has 8 nitrogen and oxygen atoms in total. The smallest absolute Gasteiger partial charge is 0.243 e. The maximum absolute atomic E-state index is 13.0. The summed E-state index contributed by atoms with van der Waals surface area (Å²) in [5.74, 6) is -0.218. The van der Waals surface area contributed by atoms with E-state index >= 15 is 0 Å². The summed E-state index contributed by atoms with van der Waals surface area (Å²) in [5, 5.41) is 7.07. The molecule has 4 rings (SSSR count). The number of nitrogens with zero attached hydrogens (tertiary/aromatic N) is 4. The third-order valence-corrected chi connectivity index (χ3v) is 7.92. The van der Waals surface area contributed by atoms with Crippen LogP contribution in [0.5, 0.6) is 0 Å². The molecule has 0 aliphatic carbocycles. The van der Waals surface area contributed by atoms with Crippen molar-refractivity contribution in [2.75, 3.05) is 13.1 Å². The van der Waals surface area contributed by atoms with Gasteiger partial charge in [-0.05, 0) is 67.6 Å². The molecule has 1 N–H and O–H groups in total. The van der Waals surface area contributed by atoms with E-state index in [1.54, 1.807) is 23.1 Å². The van der Waals surface area contributed by atoms with E-state index in [-0.39, 0.29) is 11.8 Å². The van der Waals surface area contributed by atoms with Gasteiger partial charge in [-0.1, -0.05) is 18.2 Å². The summed E-state index contributed by atoms with van der Waals surface area (Å²) in [6.45, 7) is 4.99. The molecule has 1 aliphatic rings. The molecule has 0 spiro atoms. The average molecular weight is 454 g/mol. The number of rotatable bonds is 6. The predicted octanol–water partition coefficient (Wildman–Crippen LogP) is 2.60. The Morgan fingerprint density at radius 3 is 2.41 bits per heavy atom. The van der Waals surface area contributed by atoms with Gasteiger partial charge in [-0.15, -0.1) is 0 Å². The van der Waals surface area contributed by atoms with Crippen LogP contribution in [0, 0.1) is 19.8 Å². The van der Waals surface area contributed by atoms with Crippen LogP contribution in [0.3, 0.4) is 0 Å². The number of benzene rings is 2. The number of carbonyl (C=O) groups is 1. The summed E-state index contributed by atoms with van der Waals surface area (Å²) in [7, 11) is -3.54. The summed E-state index contributed by atoms with van der Waals surface area (Å²) in [6, 6.07) is 12.9. The number of piperidine rings is 1.